The van der Waals surface area contributed by atoms with Gasteiger partial charge in [0.1, 0.15) is 4.90 Å². The Kier molecular flexibility index (Phi) is 3.03. The van der Waals surface area contributed by atoms with Crippen LogP contribution in [0.1, 0.15) is 10.6 Å². The van der Waals surface area contributed by atoms with E-state index in [2.05, 4.69) is 19.9 Å². The lowest BCUT2D eigenvalue weighted by molar-refractivity contribution is 0.581. The van der Waals surface area contributed by atoms with Gasteiger partial charge in [0, 0.05) is 17.6 Å². The summed E-state index contributed by atoms with van der Waals surface area (Å²) in [6.07, 6.45) is 2.93. The maximum absolute atomic E-state index is 11.8. The molecule has 0 aliphatic carbocycles. The summed E-state index contributed by atoms with van der Waals surface area (Å²) in [5.41, 5.74) is 2.18. The number of hydrogen-bond donors (Lipinski definition) is 2. The molecule has 0 atom stereocenters. The number of sulfonamides is 1. The van der Waals surface area contributed by atoms with E-state index in [4.69, 9.17) is 0 Å². The molecule has 0 aromatic carbocycles. The summed E-state index contributed by atoms with van der Waals surface area (Å²) in [5.74, 6) is 0. The van der Waals surface area contributed by atoms with Crippen molar-refractivity contribution in [2.45, 2.75) is 18.4 Å². The van der Waals surface area contributed by atoms with Crippen molar-refractivity contribution in [2.75, 3.05) is 0 Å². The van der Waals surface area contributed by atoms with Crippen LogP contribution in [-0.2, 0) is 16.6 Å². The van der Waals surface area contributed by atoms with Crippen LogP contribution >= 0.6 is 11.3 Å². The van der Waals surface area contributed by atoms with Crippen molar-refractivity contribution in [1.82, 2.24) is 19.9 Å². The Morgan fingerprint density at radius 1 is 1.50 bits per heavy atom. The lowest BCUT2D eigenvalue weighted by Gasteiger charge is -2.03. The molecular weight excluding hydrogens is 248 g/mol. The molecule has 0 spiro atoms. The third-order valence-electron chi connectivity index (χ3n) is 1.99. The molecule has 8 heteroatoms. The molecule has 0 bridgehead atoms. The number of nitrogens with zero attached hydrogens (tertiary/aromatic N) is 2. The largest absolute Gasteiger partial charge is 0.281 e. The van der Waals surface area contributed by atoms with Crippen LogP contribution in [0.2, 0.25) is 0 Å². The van der Waals surface area contributed by atoms with Gasteiger partial charge in [-0.2, -0.15) is 5.10 Å². The van der Waals surface area contributed by atoms with Gasteiger partial charge in [0.15, 0.2) is 0 Å². The summed E-state index contributed by atoms with van der Waals surface area (Å²) in [6, 6.07) is 0. The van der Waals surface area contributed by atoms with Gasteiger partial charge in [-0.25, -0.2) is 13.1 Å². The quantitative estimate of drug-likeness (QED) is 0.843. The van der Waals surface area contributed by atoms with E-state index in [1.807, 2.05) is 0 Å². The fraction of sp³-hybridized carbons (Fsp3) is 0.250. The van der Waals surface area contributed by atoms with Crippen molar-refractivity contribution in [3.05, 3.63) is 28.5 Å². The molecule has 0 radical (unpaired) electrons. The number of aryl methyl sites for hydroxylation is 1. The molecule has 2 aromatic rings. The number of nitrogens with one attached hydrogen (secondary N) is 2. The van der Waals surface area contributed by atoms with Gasteiger partial charge < -0.3 is 0 Å². The maximum atomic E-state index is 11.8. The molecule has 0 saturated heterocycles. The Labute approximate surface area is 96.8 Å². The summed E-state index contributed by atoms with van der Waals surface area (Å²) in [5, 5.41) is 6.27. The molecule has 0 unspecified atom stereocenters. The van der Waals surface area contributed by atoms with Crippen LogP contribution in [0.4, 0.5) is 0 Å². The summed E-state index contributed by atoms with van der Waals surface area (Å²) < 4.78 is 26.1. The van der Waals surface area contributed by atoms with E-state index in [0.717, 1.165) is 4.88 Å². The lowest BCUT2D eigenvalue weighted by atomic mass is 10.5. The fourth-order valence-corrected chi connectivity index (χ4v) is 2.95. The standard InChI is InChI=1S/C8H10N4O2S2/c1-6-8(4-10-12-6)16(13,14)11-3-7-2-9-5-15-7/h2,4-5,11H,3H2,1H3,(H,10,12). The summed E-state index contributed by atoms with van der Waals surface area (Å²) in [4.78, 5) is 4.91. The number of aromatic nitrogens is 3. The number of aromatic amines is 1. The topological polar surface area (TPSA) is 87.7 Å². The Bertz CT molecular complexity index is 559. The van der Waals surface area contributed by atoms with E-state index in [0.29, 0.717) is 5.69 Å². The first-order valence-corrected chi connectivity index (χ1v) is 6.83. The van der Waals surface area contributed by atoms with E-state index in [-0.39, 0.29) is 11.4 Å². The predicted molar refractivity (Wildman–Crippen MR) is 59.5 cm³/mol. The van der Waals surface area contributed by atoms with Crippen molar-refractivity contribution < 1.29 is 8.42 Å². The summed E-state index contributed by atoms with van der Waals surface area (Å²) >= 11 is 1.40. The Morgan fingerprint density at radius 2 is 2.31 bits per heavy atom. The smallest absolute Gasteiger partial charge is 0.244 e. The number of H-pyrrole nitrogens is 1. The van der Waals surface area contributed by atoms with Crippen molar-refractivity contribution in [1.29, 1.82) is 0 Å². The third-order valence-corrected chi connectivity index (χ3v) is 4.29. The first-order valence-electron chi connectivity index (χ1n) is 4.46. The molecule has 0 amide bonds. The molecule has 6 nitrogen and oxygen atoms in total. The van der Waals surface area contributed by atoms with Gasteiger partial charge in [0.25, 0.3) is 0 Å². The van der Waals surface area contributed by atoms with Gasteiger partial charge >= 0.3 is 0 Å². The van der Waals surface area contributed by atoms with Crippen LogP contribution in [0.15, 0.2) is 22.8 Å². The minimum atomic E-state index is -3.49. The summed E-state index contributed by atoms with van der Waals surface area (Å²) in [7, 11) is -3.49. The third kappa shape index (κ3) is 2.29. The predicted octanol–water partition coefficient (Wildman–Crippen LogP) is 0.653. The number of thiazole rings is 1. The molecule has 0 fully saturated rings. The van der Waals surface area contributed by atoms with E-state index in [9.17, 15) is 8.42 Å². The minimum absolute atomic E-state index is 0.178. The van der Waals surface area contributed by atoms with Gasteiger partial charge in [-0.05, 0) is 6.92 Å². The molecule has 2 rings (SSSR count). The van der Waals surface area contributed by atoms with Crippen LogP contribution in [-0.4, -0.2) is 23.6 Å². The second kappa shape index (κ2) is 4.32. The highest BCUT2D eigenvalue weighted by molar-refractivity contribution is 7.89. The average Bonchev–Trinajstić information content (AvgIpc) is 2.85. The number of rotatable bonds is 4. The van der Waals surface area contributed by atoms with Crippen molar-refractivity contribution >= 4 is 21.4 Å². The van der Waals surface area contributed by atoms with Gasteiger partial charge in [0.2, 0.25) is 10.0 Å². The fourth-order valence-electron chi connectivity index (χ4n) is 1.18. The molecule has 2 N–H and O–H groups in total. The van der Waals surface area contributed by atoms with E-state index in [1.54, 1.807) is 18.6 Å². The Balaban J connectivity index is 2.13. The first kappa shape index (κ1) is 11.2. The lowest BCUT2D eigenvalue weighted by Crippen LogP contribution is -2.23. The normalized spacial score (nSPS) is 11.8. The Morgan fingerprint density at radius 3 is 2.88 bits per heavy atom. The zero-order chi connectivity index (χ0) is 11.6. The van der Waals surface area contributed by atoms with Crippen molar-refractivity contribution in [3.8, 4) is 0 Å². The van der Waals surface area contributed by atoms with Crippen LogP contribution in [0, 0.1) is 6.92 Å². The first-order chi connectivity index (χ1) is 7.59. The van der Waals surface area contributed by atoms with Crippen LogP contribution in [0.5, 0.6) is 0 Å². The van der Waals surface area contributed by atoms with Crippen LogP contribution in [0.3, 0.4) is 0 Å². The monoisotopic (exact) mass is 258 g/mol. The van der Waals surface area contributed by atoms with Crippen molar-refractivity contribution in [2.24, 2.45) is 0 Å². The van der Waals surface area contributed by atoms with Gasteiger partial charge in [-0.15, -0.1) is 11.3 Å². The van der Waals surface area contributed by atoms with Crippen LogP contribution in [0.25, 0.3) is 0 Å². The van der Waals surface area contributed by atoms with Gasteiger partial charge in [-0.3, -0.25) is 10.1 Å². The highest BCUT2D eigenvalue weighted by Crippen LogP contribution is 2.12. The van der Waals surface area contributed by atoms with E-state index in [1.165, 1.54) is 17.5 Å². The van der Waals surface area contributed by atoms with Crippen LogP contribution < -0.4 is 4.72 Å². The zero-order valence-electron chi connectivity index (χ0n) is 8.47. The minimum Gasteiger partial charge on any atom is -0.281 e. The Hall–Kier alpha value is -1.25. The van der Waals surface area contributed by atoms with E-state index < -0.39 is 10.0 Å². The zero-order valence-corrected chi connectivity index (χ0v) is 10.1. The highest BCUT2D eigenvalue weighted by Gasteiger charge is 2.18. The average molecular weight is 258 g/mol. The van der Waals surface area contributed by atoms with E-state index >= 15 is 0 Å². The molecule has 86 valence electrons. The molecular formula is C8H10N4O2S2. The van der Waals surface area contributed by atoms with Crippen molar-refractivity contribution in [3.63, 3.8) is 0 Å². The molecule has 16 heavy (non-hydrogen) atoms. The second-order valence-corrected chi connectivity index (χ2v) is 5.86. The number of hydrogen-bond acceptors (Lipinski definition) is 5. The molecule has 0 aliphatic rings. The van der Waals surface area contributed by atoms with Gasteiger partial charge in [0.05, 0.1) is 17.4 Å². The SMILES string of the molecule is Cc1[nH]ncc1S(=O)(=O)NCc1cncs1. The van der Waals surface area contributed by atoms with Gasteiger partial charge in [-0.1, -0.05) is 0 Å². The second-order valence-electron chi connectivity index (χ2n) is 3.15. The molecule has 0 saturated carbocycles. The summed E-state index contributed by atoms with van der Waals surface area (Å²) in [6.45, 7) is 1.91. The molecule has 2 heterocycles. The maximum Gasteiger partial charge on any atom is 0.244 e. The highest BCUT2D eigenvalue weighted by atomic mass is 32.2. The molecule has 2 aromatic heterocycles. The molecule has 0 aliphatic heterocycles.